The number of pyridine rings is 1. The van der Waals surface area contributed by atoms with Crippen LogP contribution in [-0.2, 0) is 6.42 Å². The number of benzene rings is 2. The highest BCUT2D eigenvalue weighted by molar-refractivity contribution is 8.00. The molecule has 0 fully saturated rings. The van der Waals surface area contributed by atoms with E-state index in [0.29, 0.717) is 10.8 Å². The second kappa shape index (κ2) is 8.92. The highest BCUT2D eigenvalue weighted by atomic mass is 32.2. The van der Waals surface area contributed by atoms with Crippen molar-refractivity contribution in [2.75, 3.05) is 18.4 Å². The van der Waals surface area contributed by atoms with Crippen LogP contribution in [0.2, 0.25) is 0 Å². The molecule has 0 bridgehead atoms. The van der Waals surface area contributed by atoms with E-state index in [-0.39, 0.29) is 6.04 Å². The van der Waals surface area contributed by atoms with Gasteiger partial charge in [0.1, 0.15) is 5.03 Å². The maximum Gasteiger partial charge on any atom is 0.120 e. The minimum atomic E-state index is 0.229. The molecule has 1 aliphatic rings. The molecule has 0 radical (unpaired) electrons. The SMILES string of the molecule is N#Cc1ccc(CCN[C@@H](c2ccccc2)[C@H]2CNc3cccnc3S2)cc1. The average molecular weight is 387 g/mol. The summed E-state index contributed by atoms with van der Waals surface area (Å²) in [6, 6.07) is 24.9. The van der Waals surface area contributed by atoms with Crippen LogP contribution in [0.4, 0.5) is 5.69 Å². The van der Waals surface area contributed by atoms with Crippen LogP contribution in [0.1, 0.15) is 22.7 Å². The Kier molecular flexibility index (Phi) is 5.91. The topological polar surface area (TPSA) is 60.7 Å². The van der Waals surface area contributed by atoms with Crippen LogP contribution in [0.15, 0.2) is 78.0 Å². The summed E-state index contributed by atoms with van der Waals surface area (Å²) in [6.07, 6.45) is 2.78. The summed E-state index contributed by atoms with van der Waals surface area (Å²) in [6.45, 7) is 1.77. The zero-order chi connectivity index (χ0) is 19.2. The number of nitrogens with zero attached hydrogens (tertiary/aromatic N) is 2. The number of anilines is 1. The molecule has 2 N–H and O–H groups in total. The molecule has 0 aliphatic carbocycles. The van der Waals surface area contributed by atoms with Crippen LogP contribution in [0.3, 0.4) is 0 Å². The van der Waals surface area contributed by atoms with Crippen molar-refractivity contribution in [3.63, 3.8) is 0 Å². The molecule has 3 aromatic rings. The van der Waals surface area contributed by atoms with E-state index in [4.69, 9.17) is 5.26 Å². The van der Waals surface area contributed by atoms with Crippen LogP contribution < -0.4 is 10.6 Å². The third kappa shape index (κ3) is 4.36. The minimum Gasteiger partial charge on any atom is -0.382 e. The van der Waals surface area contributed by atoms with E-state index in [1.165, 1.54) is 11.1 Å². The van der Waals surface area contributed by atoms with Crippen molar-refractivity contribution in [3.8, 4) is 6.07 Å². The normalized spacial score (nSPS) is 16.5. The maximum atomic E-state index is 8.94. The third-order valence-corrected chi connectivity index (χ3v) is 6.21. The lowest BCUT2D eigenvalue weighted by Crippen LogP contribution is -2.37. The lowest BCUT2D eigenvalue weighted by atomic mass is 10.0. The van der Waals surface area contributed by atoms with Gasteiger partial charge in [0.25, 0.3) is 0 Å². The maximum absolute atomic E-state index is 8.94. The highest BCUT2D eigenvalue weighted by Gasteiger charge is 2.28. The Morgan fingerprint density at radius 3 is 2.71 bits per heavy atom. The van der Waals surface area contributed by atoms with Gasteiger partial charge in [-0.15, -0.1) is 0 Å². The fourth-order valence-corrected chi connectivity index (χ4v) is 4.67. The second-order valence-corrected chi connectivity index (χ2v) is 8.02. The van der Waals surface area contributed by atoms with Crippen molar-refractivity contribution in [3.05, 3.63) is 89.6 Å². The second-order valence-electron chi connectivity index (χ2n) is 6.79. The van der Waals surface area contributed by atoms with Crippen LogP contribution in [0.25, 0.3) is 0 Å². The van der Waals surface area contributed by atoms with Crippen molar-refractivity contribution < 1.29 is 0 Å². The smallest absolute Gasteiger partial charge is 0.120 e. The monoisotopic (exact) mass is 386 g/mol. The first-order valence-electron chi connectivity index (χ1n) is 9.46. The van der Waals surface area contributed by atoms with Gasteiger partial charge < -0.3 is 10.6 Å². The minimum absolute atomic E-state index is 0.229. The van der Waals surface area contributed by atoms with Crippen LogP contribution in [0, 0.1) is 11.3 Å². The van der Waals surface area contributed by atoms with E-state index in [0.717, 1.165) is 30.2 Å². The quantitative estimate of drug-likeness (QED) is 0.657. The van der Waals surface area contributed by atoms with Crippen LogP contribution in [0.5, 0.6) is 0 Å². The molecule has 4 nitrogen and oxygen atoms in total. The summed E-state index contributed by atoms with van der Waals surface area (Å²) >= 11 is 1.84. The van der Waals surface area contributed by atoms with E-state index < -0.39 is 0 Å². The van der Waals surface area contributed by atoms with Crippen molar-refractivity contribution in [2.24, 2.45) is 0 Å². The Morgan fingerprint density at radius 2 is 1.93 bits per heavy atom. The van der Waals surface area contributed by atoms with E-state index in [1.807, 2.05) is 48.3 Å². The Bertz CT molecular complexity index is 950. The van der Waals surface area contributed by atoms with Crippen molar-refractivity contribution >= 4 is 17.4 Å². The predicted molar refractivity (Wildman–Crippen MR) is 114 cm³/mol. The summed E-state index contributed by atoms with van der Waals surface area (Å²) in [4.78, 5) is 4.54. The van der Waals surface area contributed by atoms with Gasteiger partial charge in [0, 0.05) is 24.0 Å². The molecular weight excluding hydrogens is 364 g/mol. The van der Waals surface area contributed by atoms with Crippen molar-refractivity contribution in [1.82, 2.24) is 10.3 Å². The van der Waals surface area contributed by atoms with Crippen molar-refractivity contribution in [2.45, 2.75) is 22.7 Å². The van der Waals surface area contributed by atoms with Gasteiger partial charge in [0.15, 0.2) is 0 Å². The first-order chi connectivity index (χ1) is 13.8. The van der Waals surface area contributed by atoms with Gasteiger partial charge in [-0.05, 0) is 48.4 Å². The molecule has 0 saturated heterocycles. The number of aromatic nitrogens is 1. The first kappa shape index (κ1) is 18.5. The van der Waals surface area contributed by atoms with Crippen LogP contribution >= 0.6 is 11.8 Å². The van der Waals surface area contributed by atoms with E-state index in [2.05, 4.69) is 58.1 Å². The number of hydrogen-bond donors (Lipinski definition) is 2. The standard InChI is InChI=1S/C23H22N4S/c24-15-18-10-8-17(9-11-18)12-14-25-22(19-5-2-1-3-6-19)21-16-27-20-7-4-13-26-23(20)28-21/h1-11,13,21-22,25,27H,12,14,16H2/t21-,22+/m1/s1. The molecule has 2 heterocycles. The van der Waals surface area contributed by atoms with Gasteiger partial charge in [-0.25, -0.2) is 4.98 Å². The Hall–Kier alpha value is -2.81. The summed E-state index contributed by atoms with van der Waals surface area (Å²) in [5, 5.41) is 17.6. The number of thioether (sulfide) groups is 1. The largest absolute Gasteiger partial charge is 0.382 e. The Balaban J connectivity index is 1.46. The Morgan fingerprint density at radius 1 is 1.11 bits per heavy atom. The molecule has 2 atom stereocenters. The summed E-state index contributed by atoms with van der Waals surface area (Å²) < 4.78 is 0. The van der Waals surface area contributed by atoms with Gasteiger partial charge in [-0.1, -0.05) is 54.2 Å². The summed E-state index contributed by atoms with van der Waals surface area (Å²) in [7, 11) is 0. The fourth-order valence-electron chi connectivity index (χ4n) is 3.44. The first-order valence-corrected chi connectivity index (χ1v) is 10.3. The van der Waals surface area contributed by atoms with Gasteiger partial charge in [-0.2, -0.15) is 5.26 Å². The highest BCUT2D eigenvalue weighted by Crippen LogP contribution is 2.38. The molecule has 0 spiro atoms. The molecule has 5 heteroatoms. The molecule has 4 rings (SSSR count). The molecule has 0 saturated carbocycles. The molecule has 2 aromatic carbocycles. The number of hydrogen-bond acceptors (Lipinski definition) is 5. The molecule has 140 valence electrons. The lowest BCUT2D eigenvalue weighted by molar-refractivity contribution is 0.522. The number of nitriles is 1. The number of nitrogens with one attached hydrogen (secondary N) is 2. The van der Waals surface area contributed by atoms with Gasteiger partial charge >= 0.3 is 0 Å². The molecule has 0 unspecified atom stereocenters. The molecular formula is C23H22N4S. The third-order valence-electron chi connectivity index (χ3n) is 4.92. The van der Waals surface area contributed by atoms with Crippen molar-refractivity contribution in [1.29, 1.82) is 5.26 Å². The van der Waals surface area contributed by atoms with E-state index in [9.17, 15) is 0 Å². The van der Waals surface area contributed by atoms with Gasteiger partial charge in [0.05, 0.1) is 17.3 Å². The predicted octanol–water partition coefficient (Wildman–Crippen LogP) is 4.41. The van der Waals surface area contributed by atoms with Crippen LogP contribution in [-0.4, -0.2) is 23.3 Å². The van der Waals surface area contributed by atoms with E-state index in [1.54, 1.807) is 0 Å². The molecule has 1 aromatic heterocycles. The summed E-state index contributed by atoms with van der Waals surface area (Å²) in [5.74, 6) is 0. The fraction of sp³-hybridized carbons (Fsp3) is 0.217. The lowest BCUT2D eigenvalue weighted by Gasteiger charge is -2.32. The molecule has 1 aliphatic heterocycles. The average Bonchev–Trinajstić information content (AvgIpc) is 2.77. The molecule has 28 heavy (non-hydrogen) atoms. The zero-order valence-corrected chi connectivity index (χ0v) is 16.3. The molecule has 0 amide bonds. The Labute approximate surface area is 170 Å². The zero-order valence-electron chi connectivity index (χ0n) is 15.5. The number of fused-ring (bicyclic) bond motifs is 1. The summed E-state index contributed by atoms with van der Waals surface area (Å²) in [5.41, 5.74) is 4.35. The number of rotatable bonds is 6. The van der Waals surface area contributed by atoms with Gasteiger partial charge in [0.2, 0.25) is 0 Å². The van der Waals surface area contributed by atoms with Gasteiger partial charge in [-0.3, -0.25) is 0 Å². The van der Waals surface area contributed by atoms with E-state index >= 15 is 0 Å².